The van der Waals surface area contributed by atoms with Crippen LogP contribution in [0.15, 0.2) is 22.4 Å². The highest BCUT2D eigenvalue weighted by molar-refractivity contribution is 6.34. The number of nitrogen functional groups attached to an aromatic ring is 1. The van der Waals surface area contributed by atoms with Crippen molar-refractivity contribution in [2.75, 3.05) is 31.4 Å². The van der Waals surface area contributed by atoms with E-state index in [1.807, 2.05) is 0 Å². The largest absolute Gasteiger partial charge is 0.404 e. The van der Waals surface area contributed by atoms with Crippen LogP contribution in [0.25, 0.3) is 5.57 Å². The number of ether oxygens (including phenoxy) is 1. The van der Waals surface area contributed by atoms with Gasteiger partial charge in [-0.2, -0.15) is 5.10 Å². The Labute approximate surface area is 122 Å². The smallest absolute Gasteiger partial charge is 0.170 e. The number of methoxy groups -OCH3 is 1. The molecule has 0 amide bonds. The average molecular weight is 297 g/mol. The Bertz CT molecular complexity index is 529. The van der Waals surface area contributed by atoms with Gasteiger partial charge in [-0.25, -0.2) is 4.98 Å². The summed E-state index contributed by atoms with van der Waals surface area (Å²) >= 11 is 6.12. The summed E-state index contributed by atoms with van der Waals surface area (Å²) in [6.07, 6.45) is 2.94. The number of hydrogen-bond donors (Lipinski definition) is 3. The van der Waals surface area contributed by atoms with Crippen molar-refractivity contribution in [2.24, 2.45) is 15.8 Å². The first kappa shape index (κ1) is 15.9. The maximum absolute atomic E-state index is 6.12. The van der Waals surface area contributed by atoms with Gasteiger partial charge in [-0.3, -0.25) is 10.4 Å². The molecule has 0 aliphatic carbocycles. The van der Waals surface area contributed by atoms with Crippen LogP contribution in [0.4, 0.5) is 11.5 Å². The van der Waals surface area contributed by atoms with E-state index in [-0.39, 0.29) is 0 Å². The third-order valence-electron chi connectivity index (χ3n) is 2.30. The fourth-order valence-electron chi connectivity index (χ4n) is 1.36. The highest BCUT2D eigenvalue weighted by atomic mass is 35.5. The van der Waals surface area contributed by atoms with Gasteiger partial charge in [0.25, 0.3) is 0 Å². The Morgan fingerprint density at radius 3 is 3.00 bits per heavy atom. The minimum Gasteiger partial charge on any atom is -0.404 e. The Hall–Kier alpha value is -2.12. The lowest BCUT2D eigenvalue weighted by atomic mass is 10.2. The van der Waals surface area contributed by atoms with E-state index in [1.54, 1.807) is 19.4 Å². The second-order valence-electron chi connectivity index (χ2n) is 3.68. The minimum absolute atomic E-state index is 0.351. The topological polar surface area (TPSA) is 111 Å². The number of aliphatic imine (C=N–C) groups is 1. The second kappa shape index (κ2) is 8.13. The van der Waals surface area contributed by atoms with Crippen molar-refractivity contribution in [1.82, 2.24) is 4.98 Å². The Kier molecular flexibility index (Phi) is 6.48. The molecule has 108 valence electrons. The number of nitrogens with zero attached hydrogens (tertiary/aromatic N) is 3. The number of halogens is 1. The van der Waals surface area contributed by atoms with Gasteiger partial charge < -0.3 is 16.2 Å². The molecule has 0 aromatic carbocycles. The second-order valence-corrected chi connectivity index (χ2v) is 4.08. The zero-order valence-electron chi connectivity index (χ0n) is 11.1. The van der Waals surface area contributed by atoms with Gasteiger partial charge in [0.1, 0.15) is 0 Å². The van der Waals surface area contributed by atoms with E-state index in [2.05, 4.69) is 27.2 Å². The van der Waals surface area contributed by atoms with Crippen molar-refractivity contribution < 1.29 is 4.74 Å². The molecule has 1 rings (SSSR count). The Balaban J connectivity index is 3.06. The molecule has 8 heteroatoms. The highest BCUT2D eigenvalue weighted by Gasteiger charge is 2.11. The van der Waals surface area contributed by atoms with Gasteiger partial charge in [-0.05, 0) is 6.07 Å². The number of allylic oxidation sites excluding steroid dienone is 1. The van der Waals surface area contributed by atoms with Crippen LogP contribution in [0.5, 0.6) is 0 Å². The Morgan fingerprint density at radius 1 is 1.65 bits per heavy atom. The van der Waals surface area contributed by atoms with Gasteiger partial charge in [0.2, 0.25) is 0 Å². The van der Waals surface area contributed by atoms with Crippen molar-refractivity contribution in [2.45, 2.75) is 0 Å². The van der Waals surface area contributed by atoms with Gasteiger partial charge in [0.15, 0.2) is 5.82 Å². The average Bonchev–Trinajstić information content (AvgIpc) is 2.43. The van der Waals surface area contributed by atoms with E-state index in [9.17, 15) is 0 Å². The number of hydrazone groups is 1. The number of pyridine rings is 1. The van der Waals surface area contributed by atoms with Gasteiger partial charge in [-0.1, -0.05) is 11.6 Å². The molecule has 0 radical (unpaired) electrons. The number of nitrogens with two attached hydrogens (primary N) is 2. The quantitative estimate of drug-likeness (QED) is 0.400. The highest BCUT2D eigenvalue weighted by Crippen LogP contribution is 2.27. The molecule has 0 saturated heterocycles. The number of hydrogen-bond acceptors (Lipinski definition) is 7. The molecule has 0 aliphatic rings. The molecule has 0 spiro atoms. The lowest BCUT2D eigenvalue weighted by molar-refractivity contribution is 0.208. The summed E-state index contributed by atoms with van der Waals surface area (Å²) in [5.41, 5.74) is 15.3. The molecule has 5 N–H and O–H groups in total. The molecular weight excluding hydrogens is 280 g/mol. The molecule has 1 aromatic heterocycles. The van der Waals surface area contributed by atoms with E-state index in [0.29, 0.717) is 40.9 Å². The van der Waals surface area contributed by atoms with Crippen LogP contribution in [-0.4, -0.2) is 38.2 Å². The van der Waals surface area contributed by atoms with Crippen LogP contribution < -0.4 is 16.9 Å². The molecule has 0 atom stereocenters. The maximum Gasteiger partial charge on any atom is 0.170 e. The van der Waals surface area contributed by atoms with Crippen molar-refractivity contribution in [3.63, 3.8) is 0 Å². The monoisotopic (exact) mass is 296 g/mol. The molecule has 1 heterocycles. The van der Waals surface area contributed by atoms with Crippen molar-refractivity contribution in [3.8, 4) is 0 Å². The van der Waals surface area contributed by atoms with Crippen molar-refractivity contribution in [1.29, 1.82) is 0 Å². The zero-order valence-corrected chi connectivity index (χ0v) is 11.9. The summed E-state index contributed by atoms with van der Waals surface area (Å²) in [6.45, 7) is 4.35. The normalized spacial score (nSPS) is 11.8. The first-order valence-electron chi connectivity index (χ1n) is 5.72. The van der Waals surface area contributed by atoms with Gasteiger partial charge in [-0.15, -0.1) is 0 Å². The molecule has 0 aliphatic heterocycles. The van der Waals surface area contributed by atoms with Crippen LogP contribution in [0, 0.1) is 0 Å². The molecule has 20 heavy (non-hydrogen) atoms. The van der Waals surface area contributed by atoms with Crippen molar-refractivity contribution >= 4 is 41.6 Å². The number of aromatic nitrogens is 1. The standard InChI is InChI=1S/C12H17ClN6O/c1-16-19-12-10(15)5-9(13)11(18-12)8(6-14)7-17-3-4-20-2/h5-7H,1,3-4,14-15H2,2H3,(H,18,19). The summed E-state index contributed by atoms with van der Waals surface area (Å²) in [6, 6.07) is 1.56. The van der Waals surface area contributed by atoms with Gasteiger partial charge in [0.05, 0.1) is 29.6 Å². The molecule has 0 saturated carbocycles. The molecule has 1 aromatic rings. The molecular formula is C12H17ClN6O. The summed E-state index contributed by atoms with van der Waals surface area (Å²) in [5, 5.41) is 3.89. The van der Waals surface area contributed by atoms with E-state index in [4.69, 9.17) is 27.8 Å². The molecule has 0 fully saturated rings. The van der Waals surface area contributed by atoms with E-state index >= 15 is 0 Å². The van der Waals surface area contributed by atoms with Crippen LogP contribution in [0.1, 0.15) is 5.69 Å². The fraction of sp³-hybridized carbons (Fsp3) is 0.250. The minimum atomic E-state index is 0.351. The predicted molar refractivity (Wildman–Crippen MR) is 84.2 cm³/mol. The third-order valence-corrected chi connectivity index (χ3v) is 2.59. The number of nitrogens with one attached hydrogen (secondary N) is 1. The predicted octanol–water partition coefficient (Wildman–Crippen LogP) is 1.36. The van der Waals surface area contributed by atoms with Crippen LogP contribution >= 0.6 is 11.6 Å². The van der Waals surface area contributed by atoms with Crippen LogP contribution in [0.2, 0.25) is 5.02 Å². The summed E-state index contributed by atoms with van der Waals surface area (Å²) in [4.78, 5) is 8.42. The Morgan fingerprint density at radius 2 is 2.40 bits per heavy atom. The molecule has 7 nitrogen and oxygen atoms in total. The van der Waals surface area contributed by atoms with E-state index < -0.39 is 0 Å². The molecule has 0 bridgehead atoms. The first-order valence-corrected chi connectivity index (χ1v) is 6.10. The maximum atomic E-state index is 6.12. The van der Waals surface area contributed by atoms with Crippen LogP contribution in [0.3, 0.4) is 0 Å². The summed E-state index contributed by atoms with van der Waals surface area (Å²) in [7, 11) is 1.60. The summed E-state index contributed by atoms with van der Waals surface area (Å²) in [5.74, 6) is 0.351. The van der Waals surface area contributed by atoms with Crippen LogP contribution in [-0.2, 0) is 4.74 Å². The lowest BCUT2D eigenvalue weighted by Crippen LogP contribution is -2.04. The summed E-state index contributed by atoms with van der Waals surface area (Å²) < 4.78 is 4.90. The lowest BCUT2D eigenvalue weighted by Gasteiger charge is -2.09. The van der Waals surface area contributed by atoms with Gasteiger partial charge in [0, 0.05) is 31.8 Å². The van der Waals surface area contributed by atoms with E-state index in [1.165, 1.54) is 6.20 Å². The number of rotatable bonds is 7. The van der Waals surface area contributed by atoms with E-state index in [0.717, 1.165) is 0 Å². The SMILES string of the molecule is C=NNc1nc(C(C=NCCOC)=CN)c(Cl)cc1N. The first-order chi connectivity index (χ1) is 9.63. The van der Waals surface area contributed by atoms with Crippen molar-refractivity contribution in [3.05, 3.63) is 23.0 Å². The zero-order chi connectivity index (χ0) is 15.0. The fourth-order valence-corrected chi connectivity index (χ4v) is 1.63. The molecule has 0 unspecified atom stereocenters. The van der Waals surface area contributed by atoms with Gasteiger partial charge >= 0.3 is 0 Å². The number of anilines is 2. The third kappa shape index (κ3) is 4.22.